The van der Waals surface area contributed by atoms with Gasteiger partial charge < -0.3 is 15.2 Å². The number of hydrogen-bond acceptors (Lipinski definition) is 10. The molecule has 0 aliphatic rings. The van der Waals surface area contributed by atoms with Gasteiger partial charge in [0.2, 0.25) is 0 Å². The summed E-state index contributed by atoms with van der Waals surface area (Å²) in [5.41, 5.74) is 0.189. The predicted octanol–water partition coefficient (Wildman–Crippen LogP) is 12.2. The predicted molar refractivity (Wildman–Crippen MR) is 227 cm³/mol. The molecular formula is C45H42ClF2N4O7P. The Labute approximate surface area is 351 Å². The highest BCUT2D eigenvalue weighted by molar-refractivity contribution is 7.48. The Bertz CT molecular complexity index is 2510. The molecule has 2 heterocycles. The number of aromatic nitrogens is 2. The molecule has 0 bridgehead atoms. The Morgan fingerprint density at radius 1 is 0.817 bits per heavy atom. The van der Waals surface area contributed by atoms with E-state index in [-0.39, 0.29) is 39.3 Å². The van der Waals surface area contributed by atoms with E-state index in [4.69, 9.17) is 34.9 Å². The fraction of sp³-hybridized carbons (Fsp3) is 0.200. The summed E-state index contributed by atoms with van der Waals surface area (Å²) in [5.74, 6) is -2.88. The number of amides is 1. The number of pyridine rings is 2. The Morgan fingerprint density at radius 2 is 1.42 bits per heavy atom. The molecule has 2 aromatic heterocycles. The molecule has 0 atom stereocenters. The Kier molecular flexibility index (Phi) is 13.3. The lowest BCUT2D eigenvalue weighted by atomic mass is 10.0. The van der Waals surface area contributed by atoms with Crippen LogP contribution in [-0.4, -0.2) is 37.9 Å². The topological polar surface area (TPSA) is 141 Å². The number of benzene rings is 4. The van der Waals surface area contributed by atoms with Crippen molar-refractivity contribution in [1.82, 2.24) is 9.97 Å². The van der Waals surface area contributed by atoms with Crippen LogP contribution < -0.4 is 10.1 Å². The summed E-state index contributed by atoms with van der Waals surface area (Å²) in [7, 11) is -4.30. The van der Waals surface area contributed by atoms with Gasteiger partial charge in [0.1, 0.15) is 28.8 Å². The second kappa shape index (κ2) is 18.2. The zero-order valence-electron chi connectivity index (χ0n) is 33.6. The van der Waals surface area contributed by atoms with Crippen LogP contribution in [0.5, 0.6) is 17.2 Å². The summed E-state index contributed by atoms with van der Waals surface area (Å²) in [5, 5.41) is 14.1. The number of carbonyl (C=O) groups is 1. The first-order valence-corrected chi connectivity index (χ1v) is 20.5. The number of halogens is 3. The maximum Gasteiger partial charge on any atom is 0.476 e. The number of phosphoric acid groups is 1. The van der Waals surface area contributed by atoms with Gasteiger partial charge >= 0.3 is 7.82 Å². The van der Waals surface area contributed by atoms with E-state index in [2.05, 4.69) is 15.3 Å². The number of rotatable bonds is 13. The summed E-state index contributed by atoms with van der Waals surface area (Å²) < 4.78 is 66.4. The van der Waals surface area contributed by atoms with Gasteiger partial charge in [-0.25, -0.2) is 23.3 Å². The minimum atomic E-state index is -4.30. The fourth-order valence-electron chi connectivity index (χ4n) is 5.75. The van der Waals surface area contributed by atoms with Crippen LogP contribution in [0.3, 0.4) is 0 Å². The largest absolute Gasteiger partial charge is 0.506 e. The number of carbonyl (C=O) groups excluding carboxylic acids is 1. The molecule has 0 aliphatic heterocycles. The number of hydrogen-bond donors (Lipinski definition) is 2. The van der Waals surface area contributed by atoms with Gasteiger partial charge in [-0.15, -0.1) is 0 Å². The molecule has 2 N–H and O–H groups in total. The van der Waals surface area contributed by atoms with Crippen LogP contribution in [-0.2, 0) is 24.7 Å². The monoisotopic (exact) mass is 854 g/mol. The van der Waals surface area contributed by atoms with Gasteiger partial charge in [-0.05, 0) is 71.4 Å². The van der Waals surface area contributed by atoms with E-state index in [0.717, 1.165) is 17.2 Å². The van der Waals surface area contributed by atoms with Crippen LogP contribution in [0.4, 0.5) is 20.3 Å². The van der Waals surface area contributed by atoms with Crippen molar-refractivity contribution in [2.45, 2.75) is 59.4 Å². The normalized spacial score (nSPS) is 11.9. The highest BCUT2D eigenvalue weighted by Crippen LogP contribution is 2.56. The lowest BCUT2D eigenvalue weighted by Gasteiger charge is -2.31. The molecular weight excluding hydrogens is 813 g/mol. The van der Waals surface area contributed by atoms with Gasteiger partial charge in [-0.3, -0.25) is 23.3 Å². The van der Waals surface area contributed by atoms with Crippen LogP contribution in [0.1, 0.15) is 68.7 Å². The maximum atomic E-state index is 15.7. The highest BCUT2D eigenvalue weighted by atomic mass is 35.5. The number of anilines is 1. The van der Waals surface area contributed by atoms with E-state index >= 15 is 4.39 Å². The van der Waals surface area contributed by atoms with E-state index in [9.17, 15) is 18.9 Å². The average Bonchev–Trinajstić information content (AvgIpc) is 3.18. The summed E-state index contributed by atoms with van der Waals surface area (Å²) in [4.78, 5) is 27.5. The lowest BCUT2D eigenvalue weighted by molar-refractivity contribution is 0.000345. The number of nitrogens with zero attached hydrogens (tertiary/aromatic N) is 3. The van der Waals surface area contributed by atoms with E-state index in [1.54, 1.807) is 41.5 Å². The number of aromatic hydroxyl groups is 1. The molecule has 310 valence electrons. The molecule has 60 heavy (non-hydrogen) atoms. The smallest absolute Gasteiger partial charge is 0.476 e. The standard InChI is InChI=1S/C45H42ClF2N4O7P/c1-44(2,3)58-60(55,59-45(4,5)6)56-27-35-38(41(53)33(26-50-35)28-17-19-31(47)20-18-28)43(54)51-32-21-22-36(34(48)25-32)57-37-23-24-49-42(39(37)46)52-40(29-13-9-7-10-14-29)30-15-11-8-12-16-30/h7-26H,27H2,1-6H3,(H,50,53)(H,51,54). The summed E-state index contributed by atoms with van der Waals surface area (Å²) in [6, 6.07) is 29.3. The Morgan fingerprint density at radius 3 is 1.98 bits per heavy atom. The fourth-order valence-corrected chi connectivity index (χ4v) is 7.71. The van der Waals surface area contributed by atoms with Crippen LogP contribution in [0, 0.1) is 11.6 Å². The molecule has 0 saturated carbocycles. The third-order valence-corrected chi connectivity index (χ3v) is 10.5. The highest BCUT2D eigenvalue weighted by Gasteiger charge is 2.38. The van der Waals surface area contributed by atoms with E-state index in [1.165, 1.54) is 54.9 Å². The number of ether oxygens (including phenoxy) is 1. The van der Waals surface area contributed by atoms with Crippen LogP contribution in [0.2, 0.25) is 5.02 Å². The van der Waals surface area contributed by atoms with Crippen molar-refractivity contribution < 1.29 is 41.6 Å². The third-order valence-electron chi connectivity index (χ3n) is 8.20. The molecule has 15 heteroatoms. The average molecular weight is 855 g/mol. The molecule has 1 amide bonds. The molecule has 0 saturated heterocycles. The van der Waals surface area contributed by atoms with Crippen molar-refractivity contribution in [2.24, 2.45) is 4.99 Å². The van der Waals surface area contributed by atoms with E-state index < -0.39 is 54.5 Å². The minimum absolute atomic E-state index is 0.0254. The molecule has 0 spiro atoms. The second-order valence-corrected chi connectivity index (χ2v) is 17.2. The molecule has 0 aliphatic carbocycles. The summed E-state index contributed by atoms with van der Waals surface area (Å²) in [6.45, 7) is 9.37. The van der Waals surface area contributed by atoms with Gasteiger partial charge in [0.25, 0.3) is 5.91 Å². The minimum Gasteiger partial charge on any atom is -0.506 e. The quantitative estimate of drug-likeness (QED) is 0.0857. The van der Waals surface area contributed by atoms with Crippen molar-refractivity contribution in [1.29, 1.82) is 0 Å². The lowest BCUT2D eigenvalue weighted by Crippen LogP contribution is -2.25. The number of nitrogens with one attached hydrogen (secondary N) is 1. The number of aliphatic imine (C=N–C) groups is 1. The van der Waals surface area contributed by atoms with Crippen molar-refractivity contribution in [3.05, 3.63) is 161 Å². The maximum absolute atomic E-state index is 15.7. The second-order valence-electron chi connectivity index (χ2n) is 15.3. The first-order chi connectivity index (χ1) is 28.4. The van der Waals surface area contributed by atoms with E-state index in [0.29, 0.717) is 11.3 Å². The van der Waals surface area contributed by atoms with Crippen molar-refractivity contribution in [3.63, 3.8) is 0 Å². The van der Waals surface area contributed by atoms with Crippen LogP contribution >= 0.6 is 19.4 Å². The first kappa shape index (κ1) is 43.8. The zero-order valence-corrected chi connectivity index (χ0v) is 35.2. The van der Waals surface area contributed by atoms with Gasteiger partial charge in [-0.2, -0.15) is 0 Å². The molecule has 0 radical (unpaired) electrons. The Hall–Kier alpha value is -5.82. The molecule has 4 aromatic carbocycles. The molecule has 0 unspecified atom stereocenters. The summed E-state index contributed by atoms with van der Waals surface area (Å²) in [6.07, 6.45) is 2.69. The molecule has 6 aromatic rings. The van der Waals surface area contributed by atoms with Crippen molar-refractivity contribution in [2.75, 3.05) is 5.32 Å². The van der Waals surface area contributed by atoms with Gasteiger partial charge in [0.15, 0.2) is 23.1 Å². The van der Waals surface area contributed by atoms with Crippen molar-refractivity contribution in [3.8, 4) is 28.4 Å². The van der Waals surface area contributed by atoms with Gasteiger partial charge in [-0.1, -0.05) is 84.4 Å². The first-order valence-electron chi connectivity index (χ1n) is 18.6. The third kappa shape index (κ3) is 11.3. The van der Waals surface area contributed by atoms with Gasteiger partial charge in [0.05, 0.1) is 22.6 Å². The van der Waals surface area contributed by atoms with Gasteiger partial charge in [0, 0.05) is 46.9 Å². The number of phosphoric ester groups is 1. The van der Waals surface area contributed by atoms with E-state index in [1.807, 2.05) is 60.7 Å². The molecule has 0 fully saturated rings. The van der Waals surface area contributed by atoms with Crippen LogP contribution in [0.25, 0.3) is 11.1 Å². The zero-order chi connectivity index (χ0) is 43.2. The van der Waals surface area contributed by atoms with Crippen LogP contribution in [0.15, 0.2) is 127 Å². The molecule has 6 rings (SSSR count). The summed E-state index contributed by atoms with van der Waals surface area (Å²) >= 11 is 6.74. The molecule has 11 nitrogen and oxygen atoms in total. The Balaban J connectivity index is 1.28. The van der Waals surface area contributed by atoms with Crippen molar-refractivity contribution >= 4 is 42.5 Å². The SMILES string of the molecule is CC(C)(C)OP(=O)(OCc1ncc(-c2ccc(F)cc2)c(O)c1C(=O)Nc1ccc(Oc2ccnc(N=C(c3ccccc3)c3ccccc3)c2Cl)c(F)c1)OC(C)(C)C.